The van der Waals surface area contributed by atoms with Crippen LogP contribution < -0.4 is 17.1 Å². The first-order valence-corrected chi connectivity index (χ1v) is 7.37. The molecule has 122 valence electrons. The summed E-state index contributed by atoms with van der Waals surface area (Å²) in [6, 6.07) is 0. The minimum Gasteiger partial charge on any atom is -0.391 e. The van der Waals surface area contributed by atoms with Crippen LogP contribution in [0.15, 0.2) is 14.4 Å². The molecule has 1 N–H and O–H groups in total. The number of hydrogen-bond donors (Lipinski definition) is 1. The number of epoxide rings is 2. The number of aliphatic hydroxyl groups excluding tert-OH is 1. The van der Waals surface area contributed by atoms with Gasteiger partial charge in [0, 0.05) is 0 Å². The molecule has 0 aliphatic carbocycles. The lowest BCUT2D eigenvalue weighted by Crippen LogP contribution is -2.56. The lowest BCUT2D eigenvalue weighted by Gasteiger charge is -2.14. The van der Waals surface area contributed by atoms with Crippen molar-refractivity contribution in [3.63, 3.8) is 0 Å². The van der Waals surface area contributed by atoms with E-state index in [4.69, 9.17) is 9.47 Å². The summed E-state index contributed by atoms with van der Waals surface area (Å²) < 4.78 is 13.0. The fourth-order valence-electron chi connectivity index (χ4n) is 2.25. The monoisotopic (exact) mass is 313 g/mol. The SMILES string of the molecule is CCC(O)Cn1c(=O)n(CC2CO2)c(=O)n(CC2CO2)c1=O. The predicted molar refractivity (Wildman–Crippen MR) is 75.0 cm³/mol. The number of aliphatic hydroxyl groups is 1. The molecular formula is C13H19N3O6. The van der Waals surface area contributed by atoms with Crippen molar-refractivity contribution in [1.82, 2.24) is 13.7 Å². The molecule has 1 aromatic rings. The van der Waals surface area contributed by atoms with E-state index in [9.17, 15) is 19.5 Å². The zero-order valence-electron chi connectivity index (χ0n) is 12.3. The highest BCUT2D eigenvalue weighted by atomic mass is 16.6. The van der Waals surface area contributed by atoms with Crippen molar-refractivity contribution in [1.29, 1.82) is 0 Å². The Hall–Kier alpha value is -1.71. The van der Waals surface area contributed by atoms with Crippen LogP contribution in [0, 0.1) is 0 Å². The van der Waals surface area contributed by atoms with Gasteiger partial charge in [-0.2, -0.15) is 0 Å². The largest absolute Gasteiger partial charge is 0.391 e. The maximum Gasteiger partial charge on any atom is 0.336 e. The van der Waals surface area contributed by atoms with E-state index in [1.165, 1.54) is 0 Å². The minimum atomic E-state index is -0.820. The normalized spacial score (nSPS) is 24.3. The number of nitrogens with zero attached hydrogens (tertiary/aromatic N) is 3. The first-order valence-electron chi connectivity index (χ1n) is 7.37. The van der Waals surface area contributed by atoms with Crippen LogP contribution >= 0.6 is 0 Å². The van der Waals surface area contributed by atoms with E-state index in [1.807, 2.05) is 0 Å². The average molecular weight is 313 g/mol. The van der Waals surface area contributed by atoms with Gasteiger partial charge in [-0.25, -0.2) is 28.1 Å². The molecule has 1 aromatic heterocycles. The minimum absolute atomic E-state index is 0.117. The summed E-state index contributed by atoms with van der Waals surface area (Å²) in [7, 11) is 0. The molecule has 2 fully saturated rings. The third-order valence-electron chi connectivity index (χ3n) is 3.83. The van der Waals surface area contributed by atoms with Crippen LogP contribution in [0.2, 0.25) is 0 Å². The van der Waals surface area contributed by atoms with Gasteiger partial charge >= 0.3 is 17.1 Å². The standard InChI is InChI=1S/C13H19N3O6/c1-2-8(17)3-14-11(18)15(4-9-6-21-9)13(20)16(12(14)19)5-10-7-22-10/h8-10,17H,2-7H2,1H3. The number of aromatic nitrogens is 3. The van der Waals surface area contributed by atoms with Gasteiger partial charge in [0.2, 0.25) is 0 Å². The van der Waals surface area contributed by atoms with Gasteiger partial charge in [-0.15, -0.1) is 0 Å². The Labute approximate surface area is 125 Å². The zero-order chi connectivity index (χ0) is 15.9. The molecular weight excluding hydrogens is 294 g/mol. The van der Waals surface area contributed by atoms with Crippen molar-refractivity contribution >= 4 is 0 Å². The summed E-state index contributed by atoms with van der Waals surface area (Å²) in [4.78, 5) is 37.2. The molecule has 0 radical (unpaired) electrons. The van der Waals surface area contributed by atoms with Crippen LogP contribution in [0.4, 0.5) is 0 Å². The summed E-state index contributed by atoms with van der Waals surface area (Å²) in [5.74, 6) is 0. The summed E-state index contributed by atoms with van der Waals surface area (Å²) in [5, 5.41) is 9.76. The van der Waals surface area contributed by atoms with Gasteiger partial charge in [0.05, 0.1) is 51.2 Å². The molecule has 3 atom stereocenters. The van der Waals surface area contributed by atoms with Crippen molar-refractivity contribution < 1.29 is 14.6 Å². The molecule has 0 spiro atoms. The van der Waals surface area contributed by atoms with Crippen molar-refractivity contribution in [2.24, 2.45) is 0 Å². The Morgan fingerprint density at radius 1 is 1.00 bits per heavy atom. The molecule has 2 aliphatic rings. The quantitative estimate of drug-likeness (QED) is 0.569. The Balaban J connectivity index is 2.07. The maximum atomic E-state index is 12.4. The van der Waals surface area contributed by atoms with Crippen molar-refractivity contribution in [2.75, 3.05) is 13.2 Å². The predicted octanol–water partition coefficient (Wildman–Crippen LogP) is -2.26. The van der Waals surface area contributed by atoms with Gasteiger partial charge in [0.1, 0.15) is 0 Å². The lowest BCUT2D eigenvalue weighted by atomic mass is 10.3. The molecule has 3 unspecified atom stereocenters. The van der Waals surface area contributed by atoms with Gasteiger partial charge in [-0.1, -0.05) is 6.92 Å². The summed E-state index contributed by atoms with van der Waals surface area (Å²) in [6.45, 7) is 2.84. The van der Waals surface area contributed by atoms with Crippen LogP contribution in [0.25, 0.3) is 0 Å². The molecule has 2 saturated heterocycles. The molecule has 3 heterocycles. The summed E-state index contributed by atoms with van der Waals surface area (Å²) in [6.07, 6.45) is -0.752. The van der Waals surface area contributed by atoms with Crippen LogP contribution in [-0.2, 0) is 29.1 Å². The summed E-state index contributed by atoms with van der Waals surface area (Å²) in [5.41, 5.74) is -2.06. The van der Waals surface area contributed by atoms with E-state index >= 15 is 0 Å². The topological polar surface area (TPSA) is 111 Å². The molecule has 22 heavy (non-hydrogen) atoms. The first-order chi connectivity index (χ1) is 10.5. The Kier molecular flexibility index (Phi) is 4.02. The average Bonchev–Trinajstić information content (AvgIpc) is 3.39. The molecule has 0 saturated carbocycles. The fraction of sp³-hybridized carbons (Fsp3) is 0.769. The number of hydrogen-bond acceptors (Lipinski definition) is 6. The molecule has 0 bridgehead atoms. The van der Waals surface area contributed by atoms with E-state index in [-0.39, 0.29) is 31.8 Å². The van der Waals surface area contributed by atoms with E-state index in [0.29, 0.717) is 19.6 Å². The van der Waals surface area contributed by atoms with Crippen molar-refractivity contribution in [3.05, 3.63) is 31.5 Å². The van der Waals surface area contributed by atoms with E-state index < -0.39 is 23.2 Å². The van der Waals surface area contributed by atoms with Crippen LogP contribution in [0.5, 0.6) is 0 Å². The Morgan fingerprint density at radius 2 is 1.41 bits per heavy atom. The van der Waals surface area contributed by atoms with E-state index in [2.05, 4.69) is 0 Å². The molecule has 9 heteroatoms. The fourth-order valence-corrected chi connectivity index (χ4v) is 2.25. The lowest BCUT2D eigenvalue weighted by molar-refractivity contribution is 0.143. The zero-order valence-corrected chi connectivity index (χ0v) is 12.3. The molecule has 2 aliphatic heterocycles. The molecule has 3 rings (SSSR count). The van der Waals surface area contributed by atoms with Gasteiger partial charge in [0.25, 0.3) is 0 Å². The molecule has 0 aromatic carbocycles. The number of rotatable bonds is 7. The summed E-state index contributed by atoms with van der Waals surface area (Å²) >= 11 is 0. The third kappa shape index (κ3) is 3.06. The van der Waals surface area contributed by atoms with Gasteiger partial charge < -0.3 is 14.6 Å². The van der Waals surface area contributed by atoms with Crippen molar-refractivity contribution in [2.45, 2.75) is 51.3 Å². The first kappa shape index (κ1) is 15.2. The second-order valence-corrected chi connectivity index (χ2v) is 5.65. The highest BCUT2D eigenvalue weighted by molar-refractivity contribution is 4.85. The van der Waals surface area contributed by atoms with Gasteiger partial charge in [0.15, 0.2) is 0 Å². The van der Waals surface area contributed by atoms with E-state index in [1.54, 1.807) is 6.92 Å². The molecule has 0 amide bonds. The van der Waals surface area contributed by atoms with Crippen molar-refractivity contribution in [3.8, 4) is 0 Å². The number of ether oxygens (including phenoxy) is 2. The van der Waals surface area contributed by atoms with Crippen LogP contribution in [0.1, 0.15) is 13.3 Å². The Bertz CT molecular complexity index is 673. The highest BCUT2D eigenvalue weighted by Gasteiger charge is 2.29. The third-order valence-corrected chi connectivity index (χ3v) is 3.83. The second kappa shape index (κ2) is 5.82. The van der Waals surface area contributed by atoms with Crippen LogP contribution in [0.3, 0.4) is 0 Å². The smallest absolute Gasteiger partial charge is 0.336 e. The highest BCUT2D eigenvalue weighted by Crippen LogP contribution is 2.10. The van der Waals surface area contributed by atoms with Gasteiger partial charge in [-0.05, 0) is 6.42 Å². The van der Waals surface area contributed by atoms with Gasteiger partial charge in [-0.3, -0.25) is 0 Å². The molecule has 9 nitrogen and oxygen atoms in total. The second-order valence-electron chi connectivity index (χ2n) is 5.65. The van der Waals surface area contributed by atoms with Crippen LogP contribution in [-0.4, -0.2) is 50.3 Å². The maximum absolute atomic E-state index is 12.4. The Morgan fingerprint density at radius 3 is 1.77 bits per heavy atom. The van der Waals surface area contributed by atoms with E-state index in [0.717, 1.165) is 13.7 Å².